The number of nitrogens with one attached hydrogen (secondary N) is 2. The molecule has 2 heterocycles. The average molecular weight is 514 g/mol. The smallest absolute Gasteiger partial charge is 0.191 e. The van der Waals surface area contributed by atoms with Gasteiger partial charge in [0.05, 0.1) is 6.10 Å². The van der Waals surface area contributed by atoms with Gasteiger partial charge in [0.25, 0.3) is 0 Å². The molecule has 3 rings (SSSR count). The Hall–Kier alpha value is -1.02. The summed E-state index contributed by atoms with van der Waals surface area (Å²) in [5.41, 5.74) is 1.47. The molecule has 5 nitrogen and oxygen atoms in total. The summed E-state index contributed by atoms with van der Waals surface area (Å²) in [7, 11) is 0. The minimum absolute atomic E-state index is 0. The molecule has 0 radical (unpaired) electrons. The maximum Gasteiger partial charge on any atom is 0.191 e. The molecule has 0 amide bonds. The van der Waals surface area contributed by atoms with Gasteiger partial charge in [0, 0.05) is 50.4 Å². The van der Waals surface area contributed by atoms with E-state index >= 15 is 0 Å². The Morgan fingerprint density at radius 3 is 2.66 bits per heavy atom. The van der Waals surface area contributed by atoms with Crippen molar-refractivity contribution in [2.24, 2.45) is 16.3 Å². The number of nitrogens with zero attached hydrogens (tertiary/aromatic N) is 2. The van der Waals surface area contributed by atoms with Gasteiger partial charge in [0.15, 0.2) is 5.96 Å². The predicted octanol–water partition coefficient (Wildman–Crippen LogP) is 4.28. The number of guanidine groups is 1. The summed E-state index contributed by atoms with van der Waals surface area (Å²) in [4.78, 5) is 7.41. The first kappa shape index (κ1) is 24.3. The molecule has 3 atom stereocenters. The van der Waals surface area contributed by atoms with E-state index in [2.05, 4.69) is 73.6 Å². The zero-order valence-electron chi connectivity index (χ0n) is 18.5. The Balaban J connectivity index is 0.00000300. The Bertz CT molecular complexity index is 632. The zero-order valence-corrected chi connectivity index (χ0v) is 20.8. The number of hydrogen-bond acceptors (Lipinski definition) is 3. The first-order valence-electron chi connectivity index (χ1n) is 10.9. The highest BCUT2D eigenvalue weighted by atomic mass is 127. The monoisotopic (exact) mass is 514 g/mol. The van der Waals surface area contributed by atoms with Gasteiger partial charge in [-0.25, -0.2) is 0 Å². The molecule has 2 aliphatic heterocycles. The first-order valence-corrected chi connectivity index (χ1v) is 10.9. The fourth-order valence-corrected chi connectivity index (χ4v) is 4.46. The lowest BCUT2D eigenvalue weighted by atomic mass is 9.78. The van der Waals surface area contributed by atoms with E-state index < -0.39 is 0 Å². The number of benzene rings is 1. The van der Waals surface area contributed by atoms with E-state index in [-0.39, 0.29) is 35.5 Å². The highest BCUT2D eigenvalue weighted by Gasteiger charge is 2.35. The molecule has 1 aromatic rings. The van der Waals surface area contributed by atoms with E-state index in [0.29, 0.717) is 12.0 Å². The maximum atomic E-state index is 6.13. The lowest BCUT2D eigenvalue weighted by Gasteiger charge is -2.39. The van der Waals surface area contributed by atoms with Crippen molar-refractivity contribution < 1.29 is 4.74 Å². The Labute approximate surface area is 194 Å². The second kappa shape index (κ2) is 11.4. The van der Waals surface area contributed by atoms with Crippen molar-refractivity contribution in [3.8, 4) is 0 Å². The summed E-state index contributed by atoms with van der Waals surface area (Å²) in [5, 5.41) is 7.10. The molecule has 0 saturated carbocycles. The third kappa shape index (κ3) is 7.02. The fourth-order valence-electron chi connectivity index (χ4n) is 4.46. The second-order valence-electron chi connectivity index (χ2n) is 9.19. The number of halogens is 1. The average Bonchev–Trinajstić information content (AvgIpc) is 3.15. The van der Waals surface area contributed by atoms with Crippen molar-refractivity contribution in [1.82, 2.24) is 10.6 Å². The minimum Gasteiger partial charge on any atom is -0.377 e. The highest BCUT2D eigenvalue weighted by molar-refractivity contribution is 14.0. The van der Waals surface area contributed by atoms with Gasteiger partial charge in [0.1, 0.15) is 0 Å². The van der Waals surface area contributed by atoms with Crippen LogP contribution < -0.4 is 15.5 Å². The number of rotatable bonds is 5. The van der Waals surface area contributed by atoms with Crippen molar-refractivity contribution in [2.75, 3.05) is 37.7 Å². The van der Waals surface area contributed by atoms with Gasteiger partial charge in [-0.1, -0.05) is 39.0 Å². The van der Waals surface area contributed by atoms with Crippen LogP contribution in [0, 0.1) is 11.3 Å². The molecule has 29 heavy (non-hydrogen) atoms. The molecule has 3 unspecified atom stereocenters. The summed E-state index contributed by atoms with van der Waals surface area (Å²) < 4.78 is 6.13. The van der Waals surface area contributed by atoms with Crippen molar-refractivity contribution in [1.29, 1.82) is 0 Å². The number of ether oxygens (including phenoxy) is 1. The van der Waals surface area contributed by atoms with Crippen LogP contribution in [0.2, 0.25) is 0 Å². The normalized spacial score (nSPS) is 25.4. The summed E-state index contributed by atoms with van der Waals surface area (Å²) >= 11 is 0. The van der Waals surface area contributed by atoms with E-state index in [4.69, 9.17) is 9.73 Å². The van der Waals surface area contributed by atoms with Crippen LogP contribution in [-0.4, -0.2) is 50.9 Å². The minimum atomic E-state index is 0. The van der Waals surface area contributed by atoms with E-state index in [1.807, 2.05) is 0 Å². The molecule has 0 spiro atoms. The summed E-state index contributed by atoms with van der Waals surface area (Å²) in [5.74, 6) is 1.44. The maximum absolute atomic E-state index is 6.13. The molecule has 1 aromatic carbocycles. The number of para-hydroxylation sites is 1. The molecule has 164 valence electrons. The molecule has 0 aromatic heterocycles. The summed E-state index contributed by atoms with van der Waals surface area (Å²) in [6.07, 6.45) is 3.77. The summed E-state index contributed by atoms with van der Waals surface area (Å²) in [6, 6.07) is 11.1. The lowest BCUT2D eigenvalue weighted by Crippen LogP contribution is -2.46. The zero-order chi connectivity index (χ0) is 20.0. The largest absolute Gasteiger partial charge is 0.377 e. The first-order chi connectivity index (χ1) is 13.5. The lowest BCUT2D eigenvalue weighted by molar-refractivity contribution is -0.0823. The van der Waals surface area contributed by atoms with Gasteiger partial charge >= 0.3 is 0 Å². The molecule has 2 N–H and O–H groups in total. The van der Waals surface area contributed by atoms with Crippen molar-refractivity contribution in [3.63, 3.8) is 0 Å². The number of aliphatic imine (C=N–C) groups is 1. The van der Waals surface area contributed by atoms with Crippen molar-refractivity contribution in [3.05, 3.63) is 30.3 Å². The van der Waals surface area contributed by atoms with Crippen LogP contribution in [0.5, 0.6) is 0 Å². The predicted molar refractivity (Wildman–Crippen MR) is 134 cm³/mol. The van der Waals surface area contributed by atoms with Crippen molar-refractivity contribution >= 4 is 35.6 Å². The van der Waals surface area contributed by atoms with Crippen LogP contribution in [0.4, 0.5) is 5.69 Å². The quantitative estimate of drug-likeness (QED) is 0.350. The highest BCUT2D eigenvalue weighted by Crippen LogP contribution is 2.34. The van der Waals surface area contributed by atoms with E-state index in [9.17, 15) is 0 Å². The molecule has 6 heteroatoms. The molecule has 2 aliphatic rings. The van der Waals surface area contributed by atoms with Crippen LogP contribution in [-0.2, 0) is 4.74 Å². The molecule has 2 saturated heterocycles. The van der Waals surface area contributed by atoms with Crippen LogP contribution in [0.3, 0.4) is 0 Å². The Kier molecular flexibility index (Phi) is 9.53. The van der Waals surface area contributed by atoms with Crippen LogP contribution in [0.1, 0.15) is 47.0 Å². The topological polar surface area (TPSA) is 48.9 Å². The molecule has 2 fully saturated rings. The van der Waals surface area contributed by atoms with E-state index in [0.717, 1.165) is 51.6 Å². The molecule has 0 bridgehead atoms. The van der Waals surface area contributed by atoms with E-state index in [1.54, 1.807) is 0 Å². The van der Waals surface area contributed by atoms with Crippen LogP contribution >= 0.6 is 24.0 Å². The third-order valence-corrected chi connectivity index (χ3v) is 5.78. The molecule has 0 aliphatic carbocycles. The third-order valence-electron chi connectivity index (χ3n) is 5.78. The molecular weight excluding hydrogens is 475 g/mol. The van der Waals surface area contributed by atoms with Crippen molar-refractivity contribution in [2.45, 2.75) is 59.1 Å². The van der Waals surface area contributed by atoms with Gasteiger partial charge in [-0.15, -0.1) is 24.0 Å². The number of hydrogen-bond donors (Lipinski definition) is 2. The van der Waals surface area contributed by atoms with Gasteiger partial charge in [-0.3, -0.25) is 4.99 Å². The van der Waals surface area contributed by atoms with E-state index in [1.165, 1.54) is 12.1 Å². The SMILES string of the molecule is CCNC(=NCC1CCCOC1C(C)(C)C)NC1CCN(c2ccccc2)C1.I. The standard InChI is InChI=1S/C23H38N4O.HI/c1-5-24-22(25-16-18-10-9-15-28-21(18)23(2,3)4)26-19-13-14-27(17-19)20-11-7-6-8-12-20;/h6-8,11-12,18-19,21H,5,9-10,13-17H2,1-4H3,(H2,24,25,26);1H. The fraction of sp³-hybridized carbons (Fsp3) is 0.696. The Morgan fingerprint density at radius 1 is 1.21 bits per heavy atom. The Morgan fingerprint density at radius 2 is 1.97 bits per heavy atom. The second-order valence-corrected chi connectivity index (χ2v) is 9.19. The van der Waals surface area contributed by atoms with Crippen LogP contribution in [0.15, 0.2) is 35.3 Å². The van der Waals surface area contributed by atoms with Gasteiger partial charge in [0.2, 0.25) is 0 Å². The van der Waals surface area contributed by atoms with Gasteiger partial charge < -0.3 is 20.3 Å². The molecular formula is C23H39IN4O. The van der Waals surface area contributed by atoms with Gasteiger partial charge in [-0.05, 0) is 43.7 Å². The van der Waals surface area contributed by atoms with Gasteiger partial charge in [-0.2, -0.15) is 0 Å². The van der Waals surface area contributed by atoms with Crippen LogP contribution in [0.25, 0.3) is 0 Å². The number of anilines is 1. The summed E-state index contributed by atoms with van der Waals surface area (Å²) in [6.45, 7) is 13.7.